The van der Waals surface area contributed by atoms with Gasteiger partial charge in [0.1, 0.15) is 12.4 Å². The molecule has 1 N–H and O–H groups in total. The Kier molecular flexibility index (Phi) is 2.98. The standard InChI is InChI=1S/C7H6ClF3N2/c8-5-2-1-3-12-6(5)13-4-7(9,10)11/h1-3H,4H2,(H,12,13). The molecule has 0 fully saturated rings. The second-order valence-electron chi connectivity index (χ2n) is 2.30. The smallest absolute Gasteiger partial charge is 0.360 e. The number of anilines is 1. The van der Waals surface area contributed by atoms with Crippen molar-refractivity contribution >= 4 is 17.4 Å². The van der Waals surface area contributed by atoms with Gasteiger partial charge in [0, 0.05) is 6.20 Å². The number of hydrogen-bond acceptors (Lipinski definition) is 2. The second kappa shape index (κ2) is 3.83. The molecule has 13 heavy (non-hydrogen) atoms. The average molecular weight is 211 g/mol. The minimum atomic E-state index is -4.26. The monoisotopic (exact) mass is 210 g/mol. The molecule has 0 atom stereocenters. The summed E-state index contributed by atoms with van der Waals surface area (Å²) in [7, 11) is 0. The Labute approximate surface area is 77.7 Å². The number of alkyl halides is 3. The molecule has 0 saturated carbocycles. The normalized spacial score (nSPS) is 11.4. The Bertz CT molecular complexity index is 287. The highest BCUT2D eigenvalue weighted by molar-refractivity contribution is 6.32. The van der Waals surface area contributed by atoms with Crippen molar-refractivity contribution in [1.29, 1.82) is 0 Å². The lowest BCUT2D eigenvalue weighted by molar-refractivity contribution is -0.115. The zero-order valence-electron chi connectivity index (χ0n) is 6.40. The first-order valence-corrected chi connectivity index (χ1v) is 3.78. The van der Waals surface area contributed by atoms with E-state index < -0.39 is 12.7 Å². The van der Waals surface area contributed by atoms with E-state index in [0.29, 0.717) is 0 Å². The van der Waals surface area contributed by atoms with E-state index in [4.69, 9.17) is 11.6 Å². The van der Waals surface area contributed by atoms with Gasteiger partial charge in [-0.2, -0.15) is 13.2 Å². The van der Waals surface area contributed by atoms with E-state index in [9.17, 15) is 13.2 Å². The number of halogens is 4. The second-order valence-corrected chi connectivity index (χ2v) is 2.71. The lowest BCUT2D eigenvalue weighted by atomic mass is 10.4. The van der Waals surface area contributed by atoms with Crippen LogP contribution in [0.5, 0.6) is 0 Å². The summed E-state index contributed by atoms with van der Waals surface area (Å²) in [4.78, 5) is 3.64. The summed E-state index contributed by atoms with van der Waals surface area (Å²) in [6.07, 6.45) is -2.90. The Hall–Kier alpha value is -0.970. The van der Waals surface area contributed by atoms with E-state index in [-0.39, 0.29) is 10.8 Å². The first-order valence-electron chi connectivity index (χ1n) is 3.40. The molecule has 0 amide bonds. The third-order valence-electron chi connectivity index (χ3n) is 1.21. The van der Waals surface area contributed by atoms with Gasteiger partial charge in [0.25, 0.3) is 0 Å². The molecule has 1 rings (SSSR count). The minimum absolute atomic E-state index is 0.0430. The molecule has 0 radical (unpaired) electrons. The largest absolute Gasteiger partial charge is 0.405 e. The van der Waals surface area contributed by atoms with Crippen molar-refractivity contribution in [2.24, 2.45) is 0 Å². The average Bonchev–Trinajstić information content (AvgIpc) is 2.01. The summed E-state index contributed by atoms with van der Waals surface area (Å²) in [5.41, 5.74) is 0. The summed E-state index contributed by atoms with van der Waals surface area (Å²) >= 11 is 5.56. The molecule has 0 aliphatic heterocycles. The lowest BCUT2D eigenvalue weighted by Crippen LogP contribution is -2.21. The highest BCUT2D eigenvalue weighted by Gasteiger charge is 2.27. The summed E-state index contributed by atoms with van der Waals surface area (Å²) in [5.74, 6) is 0.0430. The van der Waals surface area contributed by atoms with Crippen LogP contribution in [0, 0.1) is 0 Å². The van der Waals surface area contributed by atoms with Gasteiger partial charge in [0.2, 0.25) is 0 Å². The summed E-state index contributed by atoms with van der Waals surface area (Å²) in [6, 6.07) is 3.01. The number of rotatable bonds is 2. The zero-order chi connectivity index (χ0) is 9.90. The molecule has 1 aromatic rings. The van der Waals surface area contributed by atoms with Gasteiger partial charge in [-0.25, -0.2) is 4.98 Å². The first kappa shape index (κ1) is 10.1. The fraction of sp³-hybridized carbons (Fsp3) is 0.286. The fourth-order valence-corrected chi connectivity index (χ4v) is 0.888. The molecule has 0 aliphatic rings. The fourth-order valence-electron chi connectivity index (χ4n) is 0.700. The van der Waals surface area contributed by atoms with Crippen molar-refractivity contribution in [2.75, 3.05) is 11.9 Å². The van der Waals surface area contributed by atoms with Crippen molar-refractivity contribution < 1.29 is 13.2 Å². The van der Waals surface area contributed by atoms with Gasteiger partial charge < -0.3 is 5.32 Å². The van der Waals surface area contributed by atoms with E-state index in [1.807, 2.05) is 0 Å². The molecule has 0 aliphatic carbocycles. The van der Waals surface area contributed by atoms with Gasteiger partial charge in [-0.1, -0.05) is 11.6 Å². The van der Waals surface area contributed by atoms with Crippen LogP contribution in [0.1, 0.15) is 0 Å². The molecular formula is C7H6ClF3N2. The van der Waals surface area contributed by atoms with E-state index in [0.717, 1.165) is 0 Å². The van der Waals surface area contributed by atoms with Gasteiger partial charge in [0.15, 0.2) is 0 Å². The van der Waals surface area contributed by atoms with Gasteiger partial charge in [-0.3, -0.25) is 0 Å². The predicted molar refractivity (Wildman–Crippen MR) is 43.8 cm³/mol. The Morgan fingerprint density at radius 2 is 2.15 bits per heavy atom. The SMILES string of the molecule is FC(F)(F)CNc1ncccc1Cl. The van der Waals surface area contributed by atoms with Gasteiger partial charge >= 0.3 is 6.18 Å². The summed E-state index contributed by atoms with van der Waals surface area (Å²) < 4.78 is 35.2. The molecule has 0 saturated heterocycles. The number of nitrogens with one attached hydrogen (secondary N) is 1. The van der Waals surface area contributed by atoms with Crippen molar-refractivity contribution in [3.8, 4) is 0 Å². The molecule has 2 nitrogen and oxygen atoms in total. The highest BCUT2D eigenvalue weighted by Crippen LogP contribution is 2.20. The number of nitrogens with zero attached hydrogens (tertiary/aromatic N) is 1. The molecule has 0 aromatic carbocycles. The maximum Gasteiger partial charge on any atom is 0.405 e. The van der Waals surface area contributed by atoms with Crippen LogP contribution < -0.4 is 5.32 Å². The summed E-state index contributed by atoms with van der Waals surface area (Å²) in [5, 5.41) is 2.26. The predicted octanol–water partition coefficient (Wildman–Crippen LogP) is 2.71. The first-order chi connectivity index (χ1) is 5.99. The third-order valence-corrected chi connectivity index (χ3v) is 1.52. The van der Waals surface area contributed by atoms with Crippen LogP contribution in [0.4, 0.5) is 19.0 Å². The third kappa shape index (κ3) is 3.50. The maximum absolute atomic E-state index is 11.7. The Morgan fingerprint density at radius 1 is 1.46 bits per heavy atom. The van der Waals surface area contributed by atoms with Crippen molar-refractivity contribution in [3.63, 3.8) is 0 Å². The van der Waals surface area contributed by atoms with Crippen LogP contribution >= 0.6 is 11.6 Å². The number of aromatic nitrogens is 1. The van der Waals surface area contributed by atoms with Crippen LogP contribution in [0.25, 0.3) is 0 Å². The van der Waals surface area contributed by atoms with E-state index in [1.54, 1.807) is 6.07 Å². The van der Waals surface area contributed by atoms with E-state index in [2.05, 4.69) is 10.3 Å². The zero-order valence-corrected chi connectivity index (χ0v) is 7.15. The number of pyridine rings is 1. The molecule has 6 heteroatoms. The van der Waals surface area contributed by atoms with Gasteiger partial charge in [-0.05, 0) is 12.1 Å². The van der Waals surface area contributed by atoms with Crippen molar-refractivity contribution in [1.82, 2.24) is 4.98 Å². The van der Waals surface area contributed by atoms with Gasteiger partial charge in [0.05, 0.1) is 5.02 Å². The molecule has 1 heterocycles. The highest BCUT2D eigenvalue weighted by atomic mass is 35.5. The van der Waals surface area contributed by atoms with Crippen LogP contribution in [0.3, 0.4) is 0 Å². The molecule has 72 valence electrons. The maximum atomic E-state index is 11.7. The van der Waals surface area contributed by atoms with Crippen molar-refractivity contribution in [2.45, 2.75) is 6.18 Å². The minimum Gasteiger partial charge on any atom is -0.360 e. The van der Waals surface area contributed by atoms with Gasteiger partial charge in [-0.15, -0.1) is 0 Å². The number of hydrogen-bond donors (Lipinski definition) is 1. The summed E-state index contributed by atoms with van der Waals surface area (Å²) in [6.45, 7) is -1.14. The van der Waals surface area contributed by atoms with E-state index >= 15 is 0 Å². The topological polar surface area (TPSA) is 24.9 Å². The van der Waals surface area contributed by atoms with Crippen LogP contribution in [0.2, 0.25) is 5.02 Å². The molecule has 1 aromatic heterocycles. The molecule has 0 unspecified atom stereocenters. The van der Waals surface area contributed by atoms with Crippen LogP contribution in [-0.4, -0.2) is 17.7 Å². The quantitative estimate of drug-likeness (QED) is 0.812. The van der Waals surface area contributed by atoms with Crippen LogP contribution in [0.15, 0.2) is 18.3 Å². The lowest BCUT2D eigenvalue weighted by Gasteiger charge is -2.09. The van der Waals surface area contributed by atoms with Crippen LogP contribution in [-0.2, 0) is 0 Å². The molecule has 0 spiro atoms. The molecular weight excluding hydrogens is 205 g/mol. The van der Waals surface area contributed by atoms with E-state index in [1.165, 1.54) is 12.3 Å². The van der Waals surface area contributed by atoms with Crippen molar-refractivity contribution in [3.05, 3.63) is 23.4 Å². The Balaban J connectivity index is 2.60. The molecule has 0 bridgehead atoms. The Morgan fingerprint density at radius 3 is 2.69 bits per heavy atom.